The van der Waals surface area contributed by atoms with Gasteiger partial charge >= 0.3 is 0 Å². The molecule has 0 unspecified atom stereocenters. The fraction of sp³-hybridized carbons (Fsp3) is 0.250. The minimum absolute atomic E-state index is 0.121. The van der Waals surface area contributed by atoms with Crippen molar-refractivity contribution in [2.75, 3.05) is 0 Å². The van der Waals surface area contributed by atoms with Crippen molar-refractivity contribution in [2.45, 2.75) is 19.8 Å². The van der Waals surface area contributed by atoms with E-state index in [1.54, 1.807) is 6.92 Å². The Morgan fingerprint density at radius 2 is 2.00 bits per heavy atom. The third kappa shape index (κ3) is 2.86. The average molecular weight is 174 g/mol. The van der Waals surface area contributed by atoms with Crippen LogP contribution >= 0.6 is 0 Å². The fourth-order valence-electron chi connectivity index (χ4n) is 1.17. The van der Waals surface area contributed by atoms with Crippen LogP contribution in [0.5, 0.6) is 0 Å². The summed E-state index contributed by atoms with van der Waals surface area (Å²) < 4.78 is 0. The molecule has 0 aliphatic carbocycles. The first-order valence-corrected chi connectivity index (χ1v) is 4.45. The van der Waals surface area contributed by atoms with E-state index in [-0.39, 0.29) is 5.78 Å². The summed E-state index contributed by atoms with van der Waals surface area (Å²) in [5, 5.41) is 0. The van der Waals surface area contributed by atoms with Gasteiger partial charge in [0.05, 0.1) is 0 Å². The highest BCUT2D eigenvalue weighted by Gasteiger charge is 1.97. The molecule has 0 fully saturated rings. The van der Waals surface area contributed by atoms with Crippen molar-refractivity contribution in [3.63, 3.8) is 0 Å². The van der Waals surface area contributed by atoms with Crippen molar-refractivity contribution in [1.29, 1.82) is 0 Å². The predicted molar refractivity (Wildman–Crippen MR) is 55.0 cm³/mol. The van der Waals surface area contributed by atoms with Gasteiger partial charge in [-0.3, -0.25) is 4.79 Å². The molecule has 0 heterocycles. The number of hydrogen-bond acceptors (Lipinski definition) is 1. The zero-order valence-corrected chi connectivity index (χ0v) is 7.92. The highest BCUT2D eigenvalue weighted by Crippen LogP contribution is 2.07. The van der Waals surface area contributed by atoms with Crippen molar-refractivity contribution in [3.8, 4) is 0 Å². The van der Waals surface area contributed by atoms with E-state index in [1.807, 2.05) is 30.3 Å². The van der Waals surface area contributed by atoms with Crippen molar-refractivity contribution in [3.05, 3.63) is 48.0 Å². The maximum Gasteiger partial charge on any atom is 0.159 e. The first kappa shape index (κ1) is 9.72. The molecule has 0 saturated heterocycles. The Morgan fingerprint density at radius 3 is 2.46 bits per heavy atom. The number of hydrogen-bond donors (Lipinski definition) is 0. The van der Waals surface area contributed by atoms with Gasteiger partial charge in [-0.2, -0.15) is 0 Å². The molecule has 1 aromatic carbocycles. The monoisotopic (exact) mass is 174 g/mol. The molecule has 1 nitrogen and oxygen atoms in total. The molecule has 0 bridgehead atoms. The van der Waals surface area contributed by atoms with Crippen LogP contribution in [0.1, 0.15) is 29.3 Å². The quantitative estimate of drug-likeness (QED) is 0.506. The summed E-state index contributed by atoms with van der Waals surface area (Å²) in [6.45, 7) is 5.25. The van der Waals surface area contributed by atoms with Crippen LogP contribution in [-0.4, -0.2) is 5.78 Å². The van der Waals surface area contributed by atoms with Crippen LogP contribution in [0.15, 0.2) is 36.9 Å². The molecular formula is C12H14O. The number of rotatable bonds is 4. The first-order chi connectivity index (χ1) is 6.24. The van der Waals surface area contributed by atoms with Crippen LogP contribution in [0, 0.1) is 0 Å². The molecule has 0 amide bonds. The molecule has 0 spiro atoms. The lowest BCUT2D eigenvalue weighted by Crippen LogP contribution is -1.92. The van der Waals surface area contributed by atoms with E-state index in [9.17, 15) is 4.79 Å². The van der Waals surface area contributed by atoms with E-state index in [0.717, 1.165) is 18.4 Å². The highest BCUT2D eigenvalue weighted by atomic mass is 16.1. The van der Waals surface area contributed by atoms with Gasteiger partial charge in [-0.05, 0) is 25.3 Å². The Balaban J connectivity index is 2.69. The summed E-state index contributed by atoms with van der Waals surface area (Å²) in [7, 11) is 0. The number of Topliss-reactive ketones (excluding diaryl/α,β-unsaturated/α-hetero) is 1. The minimum Gasteiger partial charge on any atom is -0.295 e. The SMILES string of the molecule is C=CCCc1ccc(C(C)=O)cc1. The van der Waals surface area contributed by atoms with Crippen LogP contribution in [-0.2, 0) is 6.42 Å². The number of carbonyl (C=O) groups is 1. The Kier molecular flexibility index (Phi) is 3.44. The van der Waals surface area contributed by atoms with Crippen LogP contribution in [0.3, 0.4) is 0 Å². The third-order valence-corrected chi connectivity index (χ3v) is 2.00. The maximum atomic E-state index is 11.0. The van der Waals surface area contributed by atoms with Crippen LogP contribution in [0.25, 0.3) is 0 Å². The van der Waals surface area contributed by atoms with Crippen LogP contribution in [0.4, 0.5) is 0 Å². The summed E-state index contributed by atoms with van der Waals surface area (Å²) in [5.41, 5.74) is 2.03. The second kappa shape index (κ2) is 4.61. The lowest BCUT2D eigenvalue weighted by Gasteiger charge is -1.99. The molecule has 0 N–H and O–H groups in total. The Morgan fingerprint density at radius 1 is 1.38 bits per heavy atom. The van der Waals surface area contributed by atoms with Crippen molar-refractivity contribution < 1.29 is 4.79 Å². The standard InChI is InChI=1S/C12H14O/c1-3-4-5-11-6-8-12(9-7-11)10(2)13/h3,6-9H,1,4-5H2,2H3. The Hall–Kier alpha value is -1.37. The fourth-order valence-corrected chi connectivity index (χ4v) is 1.17. The van der Waals surface area contributed by atoms with Gasteiger partial charge in [0.2, 0.25) is 0 Å². The second-order valence-electron chi connectivity index (χ2n) is 3.08. The predicted octanol–water partition coefficient (Wildman–Crippen LogP) is 3.01. The van der Waals surface area contributed by atoms with E-state index < -0.39 is 0 Å². The number of benzene rings is 1. The normalized spacial score (nSPS) is 9.62. The molecule has 13 heavy (non-hydrogen) atoms. The summed E-state index contributed by atoms with van der Waals surface area (Å²) in [5.74, 6) is 0.121. The van der Waals surface area contributed by atoms with E-state index in [0.29, 0.717) is 0 Å². The minimum atomic E-state index is 0.121. The lowest BCUT2D eigenvalue weighted by molar-refractivity contribution is 0.101. The van der Waals surface area contributed by atoms with Gasteiger partial charge in [0.25, 0.3) is 0 Å². The average Bonchev–Trinajstić information content (AvgIpc) is 2.15. The molecule has 0 radical (unpaired) electrons. The van der Waals surface area contributed by atoms with E-state index >= 15 is 0 Å². The van der Waals surface area contributed by atoms with Crippen molar-refractivity contribution in [2.24, 2.45) is 0 Å². The van der Waals surface area contributed by atoms with E-state index in [1.165, 1.54) is 5.56 Å². The van der Waals surface area contributed by atoms with Crippen molar-refractivity contribution >= 4 is 5.78 Å². The van der Waals surface area contributed by atoms with Gasteiger partial charge in [-0.1, -0.05) is 30.3 Å². The number of carbonyl (C=O) groups excluding carboxylic acids is 1. The number of aryl methyl sites for hydroxylation is 1. The highest BCUT2D eigenvalue weighted by molar-refractivity contribution is 5.93. The summed E-state index contributed by atoms with van der Waals surface area (Å²) >= 11 is 0. The smallest absolute Gasteiger partial charge is 0.159 e. The van der Waals surface area contributed by atoms with Crippen LogP contribution < -0.4 is 0 Å². The molecular weight excluding hydrogens is 160 g/mol. The largest absolute Gasteiger partial charge is 0.295 e. The maximum absolute atomic E-state index is 11.0. The summed E-state index contributed by atoms with van der Waals surface area (Å²) in [6, 6.07) is 7.75. The first-order valence-electron chi connectivity index (χ1n) is 4.45. The molecule has 0 aromatic heterocycles. The topological polar surface area (TPSA) is 17.1 Å². The van der Waals surface area contributed by atoms with Gasteiger partial charge in [0.15, 0.2) is 5.78 Å². The van der Waals surface area contributed by atoms with Crippen LogP contribution in [0.2, 0.25) is 0 Å². The van der Waals surface area contributed by atoms with E-state index in [4.69, 9.17) is 0 Å². The Bertz CT molecular complexity index is 295. The third-order valence-electron chi connectivity index (χ3n) is 2.00. The van der Waals surface area contributed by atoms with Gasteiger partial charge in [-0.15, -0.1) is 6.58 Å². The Labute approximate surface area is 79.1 Å². The molecule has 68 valence electrons. The molecule has 0 aliphatic heterocycles. The van der Waals surface area contributed by atoms with E-state index in [2.05, 4.69) is 6.58 Å². The molecule has 1 heteroatoms. The molecule has 0 atom stereocenters. The number of allylic oxidation sites excluding steroid dienone is 1. The molecule has 0 saturated carbocycles. The molecule has 0 aliphatic rings. The van der Waals surface area contributed by atoms with Crippen molar-refractivity contribution in [1.82, 2.24) is 0 Å². The van der Waals surface area contributed by atoms with Gasteiger partial charge < -0.3 is 0 Å². The van der Waals surface area contributed by atoms with Gasteiger partial charge in [0, 0.05) is 5.56 Å². The summed E-state index contributed by atoms with van der Waals surface area (Å²) in [6.07, 6.45) is 3.89. The zero-order chi connectivity index (χ0) is 9.68. The second-order valence-corrected chi connectivity index (χ2v) is 3.08. The molecule has 1 aromatic rings. The molecule has 1 rings (SSSR count). The summed E-state index contributed by atoms with van der Waals surface area (Å²) in [4.78, 5) is 11.0. The van der Waals surface area contributed by atoms with Gasteiger partial charge in [0.1, 0.15) is 0 Å². The number of ketones is 1. The zero-order valence-electron chi connectivity index (χ0n) is 7.92. The lowest BCUT2D eigenvalue weighted by atomic mass is 10.1. The van der Waals surface area contributed by atoms with Gasteiger partial charge in [-0.25, -0.2) is 0 Å².